The second kappa shape index (κ2) is 4.45. The van der Waals surface area contributed by atoms with Crippen LogP contribution in [0.15, 0.2) is 30.5 Å². The monoisotopic (exact) mass is 221 g/mol. The smallest absolute Gasteiger partial charge is 0.0843 e. The first-order chi connectivity index (χ1) is 7.31. The number of rotatable bonds is 3. The van der Waals surface area contributed by atoms with Crippen molar-refractivity contribution in [2.24, 2.45) is 0 Å². The first-order valence-electron chi connectivity index (χ1n) is 4.84. The van der Waals surface area contributed by atoms with Crippen LogP contribution in [0.4, 0.5) is 0 Å². The predicted octanol–water partition coefficient (Wildman–Crippen LogP) is 2.36. The van der Waals surface area contributed by atoms with Crippen LogP contribution in [0.5, 0.6) is 0 Å². The summed E-state index contributed by atoms with van der Waals surface area (Å²) >= 11 is 5.65. The lowest BCUT2D eigenvalue weighted by Gasteiger charge is -2.02. The summed E-state index contributed by atoms with van der Waals surface area (Å²) in [5, 5.41) is 8.13. The maximum atomic E-state index is 5.65. The zero-order chi connectivity index (χ0) is 10.7. The summed E-state index contributed by atoms with van der Waals surface area (Å²) in [4.78, 5) is 0. The van der Waals surface area contributed by atoms with Gasteiger partial charge in [0.25, 0.3) is 0 Å². The Labute approximate surface area is 93.7 Å². The average Bonchev–Trinajstić information content (AvgIpc) is 2.68. The van der Waals surface area contributed by atoms with E-state index in [1.54, 1.807) is 4.68 Å². The molecule has 0 N–H and O–H groups in total. The van der Waals surface area contributed by atoms with Crippen molar-refractivity contribution in [1.82, 2.24) is 15.0 Å². The first-order valence-corrected chi connectivity index (χ1v) is 5.38. The van der Waals surface area contributed by atoms with Gasteiger partial charge in [-0.15, -0.1) is 16.7 Å². The third-order valence-corrected chi connectivity index (χ3v) is 2.44. The lowest BCUT2D eigenvalue weighted by molar-refractivity contribution is 0.794. The average molecular weight is 222 g/mol. The molecule has 3 nitrogen and oxygen atoms in total. The molecule has 0 aliphatic heterocycles. The van der Waals surface area contributed by atoms with Crippen molar-refractivity contribution in [2.45, 2.75) is 13.3 Å². The highest BCUT2D eigenvalue weighted by Crippen LogP contribution is 2.12. The fourth-order valence-corrected chi connectivity index (χ4v) is 1.64. The summed E-state index contributed by atoms with van der Waals surface area (Å²) in [5.74, 6) is 0.576. The maximum Gasteiger partial charge on any atom is 0.0843 e. The van der Waals surface area contributed by atoms with Crippen LogP contribution in [0.2, 0.25) is 0 Å². The molecule has 0 saturated carbocycles. The third kappa shape index (κ3) is 2.18. The summed E-state index contributed by atoms with van der Waals surface area (Å²) in [5.41, 5.74) is 3.17. The minimum Gasteiger partial charge on any atom is -0.220 e. The number of hydrogen-bond donors (Lipinski definition) is 0. The quantitative estimate of drug-likeness (QED) is 0.745. The Morgan fingerprint density at radius 2 is 2.13 bits per heavy atom. The predicted molar refractivity (Wildman–Crippen MR) is 60.5 cm³/mol. The Morgan fingerprint density at radius 3 is 2.87 bits per heavy atom. The number of benzene rings is 1. The van der Waals surface area contributed by atoms with Crippen molar-refractivity contribution in [3.8, 4) is 5.69 Å². The number of hydrogen-bond acceptors (Lipinski definition) is 2. The molecule has 0 saturated heterocycles. The van der Waals surface area contributed by atoms with E-state index in [-0.39, 0.29) is 0 Å². The van der Waals surface area contributed by atoms with Crippen molar-refractivity contribution in [2.75, 3.05) is 5.88 Å². The third-order valence-electron chi connectivity index (χ3n) is 2.25. The molecule has 2 rings (SSSR count). The van der Waals surface area contributed by atoms with E-state index in [1.165, 1.54) is 5.56 Å². The molecule has 0 bridgehead atoms. The van der Waals surface area contributed by atoms with E-state index in [2.05, 4.69) is 23.3 Å². The van der Waals surface area contributed by atoms with E-state index < -0.39 is 0 Å². The molecule has 1 aromatic carbocycles. The van der Waals surface area contributed by atoms with Gasteiger partial charge in [-0.2, -0.15) is 0 Å². The van der Waals surface area contributed by atoms with Crippen LogP contribution in [0.3, 0.4) is 0 Å². The van der Waals surface area contributed by atoms with Gasteiger partial charge in [-0.05, 0) is 18.6 Å². The van der Waals surface area contributed by atoms with Crippen LogP contribution in [-0.4, -0.2) is 20.9 Å². The molecule has 0 fully saturated rings. The standard InChI is InChI=1S/C11H12ClN3/c1-9-4-2-3-5-11(9)15-8-10(6-7-12)13-14-15/h2-5,8H,6-7H2,1H3. The summed E-state index contributed by atoms with van der Waals surface area (Å²) < 4.78 is 1.79. The molecule has 0 radical (unpaired) electrons. The zero-order valence-electron chi connectivity index (χ0n) is 8.52. The highest BCUT2D eigenvalue weighted by Gasteiger charge is 2.03. The van der Waals surface area contributed by atoms with Crippen LogP contribution in [0.1, 0.15) is 11.3 Å². The highest BCUT2D eigenvalue weighted by atomic mass is 35.5. The number of aryl methyl sites for hydroxylation is 2. The van der Waals surface area contributed by atoms with Gasteiger partial charge in [0.1, 0.15) is 0 Å². The summed E-state index contributed by atoms with van der Waals surface area (Å²) in [6.07, 6.45) is 2.68. The van der Waals surface area contributed by atoms with Gasteiger partial charge in [0.2, 0.25) is 0 Å². The molecule has 4 heteroatoms. The van der Waals surface area contributed by atoms with E-state index in [0.29, 0.717) is 5.88 Å². The summed E-state index contributed by atoms with van der Waals surface area (Å²) in [6, 6.07) is 8.08. The molecular formula is C11H12ClN3. The van der Waals surface area contributed by atoms with Gasteiger partial charge in [-0.3, -0.25) is 0 Å². The van der Waals surface area contributed by atoms with E-state index in [1.807, 2.05) is 24.4 Å². The van der Waals surface area contributed by atoms with Crippen molar-refractivity contribution in [3.05, 3.63) is 41.7 Å². The number of aromatic nitrogens is 3. The molecule has 2 aromatic rings. The molecule has 0 aliphatic rings. The number of halogens is 1. The van der Waals surface area contributed by atoms with E-state index >= 15 is 0 Å². The van der Waals surface area contributed by atoms with E-state index in [4.69, 9.17) is 11.6 Å². The minimum absolute atomic E-state index is 0.576. The van der Waals surface area contributed by atoms with Crippen LogP contribution >= 0.6 is 11.6 Å². The van der Waals surface area contributed by atoms with E-state index in [0.717, 1.165) is 17.8 Å². The molecule has 0 unspecified atom stereocenters. The first kappa shape index (κ1) is 10.2. The van der Waals surface area contributed by atoms with Gasteiger partial charge in [-0.1, -0.05) is 23.4 Å². The highest BCUT2D eigenvalue weighted by molar-refractivity contribution is 6.17. The van der Waals surface area contributed by atoms with Gasteiger partial charge in [0.05, 0.1) is 17.6 Å². The van der Waals surface area contributed by atoms with Gasteiger partial charge in [0, 0.05) is 12.3 Å². The molecule has 1 aromatic heterocycles. The molecule has 78 valence electrons. The SMILES string of the molecule is Cc1ccccc1-n1cc(CCCl)nn1. The van der Waals surface area contributed by atoms with E-state index in [9.17, 15) is 0 Å². The van der Waals surface area contributed by atoms with Crippen molar-refractivity contribution in [3.63, 3.8) is 0 Å². The van der Waals surface area contributed by atoms with Gasteiger partial charge < -0.3 is 0 Å². The molecule has 15 heavy (non-hydrogen) atoms. The number of para-hydroxylation sites is 1. The Balaban J connectivity index is 2.33. The Hall–Kier alpha value is -1.35. The lowest BCUT2D eigenvalue weighted by Crippen LogP contribution is -1.97. The fourth-order valence-electron chi connectivity index (χ4n) is 1.45. The zero-order valence-corrected chi connectivity index (χ0v) is 9.28. The van der Waals surface area contributed by atoms with Crippen LogP contribution in [-0.2, 0) is 6.42 Å². The molecule has 1 heterocycles. The number of nitrogens with zero attached hydrogens (tertiary/aromatic N) is 3. The fraction of sp³-hybridized carbons (Fsp3) is 0.273. The number of alkyl halides is 1. The molecule has 0 amide bonds. The lowest BCUT2D eigenvalue weighted by atomic mass is 10.2. The summed E-state index contributed by atoms with van der Waals surface area (Å²) in [7, 11) is 0. The second-order valence-corrected chi connectivity index (χ2v) is 3.76. The second-order valence-electron chi connectivity index (χ2n) is 3.38. The van der Waals surface area contributed by atoms with Gasteiger partial charge in [-0.25, -0.2) is 4.68 Å². The van der Waals surface area contributed by atoms with Crippen molar-refractivity contribution >= 4 is 11.6 Å². The van der Waals surface area contributed by atoms with Gasteiger partial charge >= 0.3 is 0 Å². The van der Waals surface area contributed by atoms with Crippen molar-refractivity contribution in [1.29, 1.82) is 0 Å². The Kier molecular flexibility index (Phi) is 3.02. The maximum absolute atomic E-state index is 5.65. The van der Waals surface area contributed by atoms with Gasteiger partial charge in [0.15, 0.2) is 0 Å². The topological polar surface area (TPSA) is 30.7 Å². The Morgan fingerprint density at radius 1 is 1.33 bits per heavy atom. The van der Waals surface area contributed by atoms with Crippen LogP contribution in [0, 0.1) is 6.92 Å². The summed E-state index contributed by atoms with van der Waals surface area (Å²) in [6.45, 7) is 2.05. The largest absolute Gasteiger partial charge is 0.220 e. The van der Waals surface area contributed by atoms with Crippen molar-refractivity contribution < 1.29 is 0 Å². The molecule has 0 aliphatic carbocycles. The molecule has 0 spiro atoms. The van der Waals surface area contributed by atoms with Crippen LogP contribution < -0.4 is 0 Å². The molecule has 0 atom stereocenters. The molecular weight excluding hydrogens is 210 g/mol. The van der Waals surface area contributed by atoms with Crippen LogP contribution in [0.25, 0.3) is 5.69 Å². The Bertz CT molecular complexity index is 451. The normalized spacial score (nSPS) is 10.5. The minimum atomic E-state index is 0.576.